The van der Waals surface area contributed by atoms with Crippen LogP contribution in [0.4, 0.5) is 0 Å². The summed E-state index contributed by atoms with van der Waals surface area (Å²) in [6.45, 7) is 10.9. The Morgan fingerprint density at radius 2 is 1.36 bits per heavy atom. The molecule has 17 heteroatoms. The van der Waals surface area contributed by atoms with Crippen molar-refractivity contribution >= 4 is 43.6 Å². The highest BCUT2D eigenvalue weighted by Crippen LogP contribution is 2.21. The third kappa shape index (κ3) is 16.7. The molecule has 2 rings (SSSR count). The molecule has 0 saturated carbocycles. The van der Waals surface area contributed by atoms with Crippen LogP contribution in [0.1, 0.15) is 77.2 Å². The van der Waals surface area contributed by atoms with Gasteiger partial charge in [-0.1, -0.05) is 52.0 Å². The van der Waals surface area contributed by atoms with E-state index in [1.807, 2.05) is 33.5 Å². The van der Waals surface area contributed by atoms with E-state index in [4.69, 9.17) is 17.2 Å². The number of carbonyl (C=O) groups is 6. The van der Waals surface area contributed by atoms with Crippen molar-refractivity contribution in [1.29, 1.82) is 0 Å². The van der Waals surface area contributed by atoms with Gasteiger partial charge in [0.2, 0.25) is 29.5 Å². The van der Waals surface area contributed by atoms with Crippen LogP contribution in [0.5, 0.6) is 5.75 Å². The number of carboxylic acid groups (broad SMARTS) is 1. The lowest BCUT2D eigenvalue weighted by molar-refractivity contribution is -0.143. The number of aromatic hydroxyl groups is 1. The largest absolute Gasteiger partial charge is 0.508 e. The molecular weight excluding hydrogens is 725 g/mol. The van der Waals surface area contributed by atoms with Gasteiger partial charge in [0.1, 0.15) is 36.0 Å². The summed E-state index contributed by atoms with van der Waals surface area (Å²) in [6.07, 6.45) is 4.30. The highest BCUT2D eigenvalue weighted by Gasteiger charge is 2.40. The second-order valence-corrected chi connectivity index (χ2v) is 21.7. The first kappa shape index (κ1) is 47.1. The van der Waals surface area contributed by atoms with Gasteiger partial charge in [0.15, 0.2) is 0 Å². The molecule has 1 aromatic rings. The normalized spacial score (nSPS) is 17.1. The molecule has 1 saturated heterocycles. The standard InChI is InChI=1S/C38H66N8O8Si/c1-24(2)21-30(38(53)54)44-35(50)31(23-55(3,4)5)45-34(49)29(22-25-14-16-26(47)17-15-25)43-36(51)32-13-10-20-46(32)37(52)28(12-7-9-19-40)42-33(48)27(41)11-6-8-18-39/h14-17,24,27-32,47H,6-13,18-23,39-41H2,1-5H3,(H,42,48)(H,43,51)(H,44,50)(H,45,49)(H,53,54)/t27-,28-,29-,30-,31-,32-/m0/s1. The molecule has 55 heavy (non-hydrogen) atoms. The number of benzene rings is 1. The number of rotatable bonds is 24. The minimum Gasteiger partial charge on any atom is -0.508 e. The molecule has 1 aromatic carbocycles. The van der Waals surface area contributed by atoms with E-state index in [0.717, 1.165) is 0 Å². The maximum Gasteiger partial charge on any atom is 0.326 e. The Kier molecular flexibility index (Phi) is 19.8. The van der Waals surface area contributed by atoms with Gasteiger partial charge in [-0.3, -0.25) is 24.0 Å². The molecule has 1 heterocycles. The first-order valence-electron chi connectivity index (χ1n) is 19.5. The summed E-state index contributed by atoms with van der Waals surface area (Å²) in [7, 11) is -2.03. The zero-order valence-corrected chi connectivity index (χ0v) is 34.3. The fraction of sp³-hybridized carbons (Fsp3) is 0.684. The van der Waals surface area contributed by atoms with Gasteiger partial charge in [0, 0.05) is 21.0 Å². The fourth-order valence-electron chi connectivity index (χ4n) is 6.58. The van der Waals surface area contributed by atoms with Gasteiger partial charge < -0.3 is 53.6 Å². The monoisotopic (exact) mass is 790 g/mol. The van der Waals surface area contributed by atoms with Crippen LogP contribution in [0.15, 0.2) is 24.3 Å². The van der Waals surface area contributed by atoms with Crippen LogP contribution in [0.3, 0.4) is 0 Å². The van der Waals surface area contributed by atoms with Crippen molar-refractivity contribution < 1.29 is 39.0 Å². The summed E-state index contributed by atoms with van der Waals surface area (Å²) in [5.74, 6) is -3.96. The number of phenolic OH excluding ortho intramolecular Hbond substituents is 1. The molecule has 0 aromatic heterocycles. The van der Waals surface area contributed by atoms with Gasteiger partial charge in [-0.25, -0.2) is 4.79 Å². The number of nitrogens with two attached hydrogens (primary N) is 3. The smallest absolute Gasteiger partial charge is 0.326 e. The Labute approximate surface area is 326 Å². The number of nitrogens with one attached hydrogen (secondary N) is 4. The maximum atomic E-state index is 14.1. The molecule has 16 nitrogen and oxygen atoms in total. The Bertz CT molecular complexity index is 1420. The van der Waals surface area contributed by atoms with Gasteiger partial charge in [0.05, 0.1) is 6.04 Å². The average Bonchev–Trinajstić information content (AvgIpc) is 3.60. The van der Waals surface area contributed by atoms with Gasteiger partial charge >= 0.3 is 5.97 Å². The van der Waals surface area contributed by atoms with E-state index in [1.54, 1.807) is 12.1 Å². The van der Waals surface area contributed by atoms with Crippen LogP contribution in [0.2, 0.25) is 25.7 Å². The van der Waals surface area contributed by atoms with Crippen LogP contribution in [0.25, 0.3) is 0 Å². The van der Waals surface area contributed by atoms with Crippen molar-refractivity contribution in [2.45, 2.75) is 140 Å². The lowest BCUT2D eigenvalue weighted by Gasteiger charge is -2.31. The van der Waals surface area contributed by atoms with E-state index in [1.165, 1.54) is 17.0 Å². The number of nitrogens with zero attached hydrogens (tertiary/aromatic N) is 1. The quantitative estimate of drug-likeness (QED) is 0.0525. The van der Waals surface area contributed by atoms with Crippen LogP contribution in [-0.4, -0.2) is 115 Å². The highest BCUT2D eigenvalue weighted by atomic mass is 28.3. The lowest BCUT2D eigenvalue weighted by atomic mass is 10.0. The topological polar surface area (TPSA) is 272 Å². The molecule has 310 valence electrons. The first-order chi connectivity index (χ1) is 25.9. The minimum atomic E-state index is -2.03. The third-order valence-electron chi connectivity index (χ3n) is 9.49. The Morgan fingerprint density at radius 1 is 0.800 bits per heavy atom. The number of phenols is 1. The number of likely N-dealkylation sites (tertiary alicyclic amines) is 1. The Balaban J connectivity index is 2.36. The molecule has 0 unspecified atom stereocenters. The number of unbranched alkanes of at least 4 members (excludes halogenated alkanes) is 2. The number of hydrogen-bond acceptors (Lipinski definition) is 10. The number of hydrogen-bond donors (Lipinski definition) is 9. The van der Waals surface area contributed by atoms with E-state index >= 15 is 0 Å². The summed E-state index contributed by atoms with van der Waals surface area (Å²) in [4.78, 5) is 82.2. The molecule has 0 spiro atoms. The van der Waals surface area contributed by atoms with Crippen molar-refractivity contribution in [2.75, 3.05) is 19.6 Å². The summed E-state index contributed by atoms with van der Waals surface area (Å²) >= 11 is 0. The van der Waals surface area contributed by atoms with Crippen molar-refractivity contribution in [2.24, 2.45) is 23.1 Å². The van der Waals surface area contributed by atoms with Crippen molar-refractivity contribution in [1.82, 2.24) is 26.2 Å². The van der Waals surface area contributed by atoms with Crippen LogP contribution >= 0.6 is 0 Å². The zero-order chi connectivity index (χ0) is 41.3. The predicted molar refractivity (Wildman–Crippen MR) is 213 cm³/mol. The molecule has 1 aliphatic rings. The lowest BCUT2D eigenvalue weighted by Crippen LogP contribution is -2.60. The van der Waals surface area contributed by atoms with E-state index in [-0.39, 0.29) is 31.1 Å². The number of amides is 5. The number of aliphatic carboxylic acids is 1. The van der Waals surface area contributed by atoms with Crippen molar-refractivity contribution in [3.8, 4) is 5.75 Å². The molecule has 1 fully saturated rings. The number of carbonyl (C=O) groups excluding carboxylic acids is 5. The Morgan fingerprint density at radius 3 is 1.93 bits per heavy atom. The molecule has 0 radical (unpaired) electrons. The van der Waals surface area contributed by atoms with E-state index in [0.29, 0.717) is 76.1 Å². The minimum absolute atomic E-state index is 0.00920. The van der Waals surface area contributed by atoms with E-state index in [2.05, 4.69) is 21.3 Å². The van der Waals surface area contributed by atoms with Gasteiger partial charge in [-0.05, 0) is 94.1 Å². The second kappa shape index (κ2) is 23.1. The predicted octanol–water partition coefficient (Wildman–Crippen LogP) is 0.919. The van der Waals surface area contributed by atoms with Gasteiger partial charge in [0.25, 0.3) is 0 Å². The summed E-state index contributed by atoms with van der Waals surface area (Å²) in [6, 6.07) is 0.296. The Hall–Kier alpha value is -4.06. The summed E-state index contributed by atoms with van der Waals surface area (Å²) < 4.78 is 0. The molecule has 5 amide bonds. The van der Waals surface area contributed by atoms with E-state index in [9.17, 15) is 39.0 Å². The molecule has 6 atom stereocenters. The second-order valence-electron chi connectivity index (χ2n) is 16.2. The van der Waals surface area contributed by atoms with Crippen molar-refractivity contribution in [3.63, 3.8) is 0 Å². The third-order valence-corrected chi connectivity index (χ3v) is 11.1. The van der Waals surface area contributed by atoms with Crippen LogP contribution in [-0.2, 0) is 35.2 Å². The average molecular weight is 791 g/mol. The first-order valence-corrected chi connectivity index (χ1v) is 23.3. The molecule has 1 aliphatic heterocycles. The van der Waals surface area contributed by atoms with Gasteiger partial charge in [-0.2, -0.15) is 0 Å². The maximum absolute atomic E-state index is 14.1. The van der Waals surface area contributed by atoms with Crippen LogP contribution in [0, 0.1) is 5.92 Å². The van der Waals surface area contributed by atoms with E-state index < -0.39 is 79.8 Å². The highest BCUT2D eigenvalue weighted by molar-refractivity contribution is 6.76. The number of carboxylic acids is 1. The van der Waals surface area contributed by atoms with Crippen LogP contribution < -0.4 is 38.5 Å². The summed E-state index contributed by atoms with van der Waals surface area (Å²) in [5.41, 5.74) is 18.0. The molecule has 0 aliphatic carbocycles. The van der Waals surface area contributed by atoms with Crippen molar-refractivity contribution in [3.05, 3.63) is 29.8 Å². The molecule has 0 bridgehead atoms. The molecular formula is C38H66N8O8Si. The fourth-order valence-corrected chi connectivity index (χ4v) is 8.09. The summed E-state index contributed by atoms with van der Waals surface area (Å²) in [5, 5.41) is 30.7. The SMILES string of the molecule is CC(C)C[C@H](NC(=O)[C@H](C[Si](C)(C)C)NC(=O)[C@H](Cc1ccc(O)cc1)NC(=O)[C@@H]1CCCN1C(=O)[C@H](CCCCN)NC(=O)[C@@H](N)CCCCN)C(=O)O. The van der Waals surface area contributed by atoms with Gasteiger partial charge in [-0.15, -0.1) is 0 Å². The zero-order valence-electron chi connectivity index (χ0n) is 33.3. The molecule has 12 N–H and O–H groups in total.